The number of hydrogen-bond acceptors (Lipinski definition) is 5. The Balaban J connectivity index is 1.51. The molecular weight excluding hydrogens is 426 g/mol. The minimum absolute atomic E-state index is 0.0931. The predicted molar refractivity (Wildman–Crippen MR) is 122 cm³/mol. The fourth-order valence-corrected chi connectivity index (χ4v) is 5.44. The van der Waals surface area contributed by atoms with Crippen molar-refractivity contribution in [1.82, 2.24) is 15.1 Å². The summed E-state index contributed by atoms with van der Waals surface area (Å²) in [4.78, 5) is 43.1. The lowest BCUT2D eigenvalue weighted by atomic mass is 9.98. The second-order valence-corrected chi connectivity index (χ2v) is 9.65. The zero-order valence-electron chi connectivity index (χ0n) is 18.5. The molecule has 7 nitrogen and oxygen atoms in total. The van der Waals surface area contributed by atoms with Gasteiger partial charge in [-0.3, -0.25) is 14.5 Å². The van der Waals surface area contributed by atoms with Crippen LogP contribution in [0.5, 0.6) is 5.75 Å². The van der Waals surface area contributed by atoms with Crippen LogP contribution in [0.15, 0.2) is 41.8 Å². The molecule has 1 saturated heterocycles. The molecule has 32 heavy (non-hydrogen) atoms. The Morgan fingerprint density at radius 3 is 2.56 bits per heavy atom. The van der Waals surface area contributed by atoms with Crippen molar-refractivity contribution in [3.05, 3.63) is 52.2 Å². The Hall–Kier alpha value is -2.87. The van der Waals surface area contributed by atoms with E-state index in [1.807, 2.05) is 42.6 Å². The van der Waals surface area contributed by atoms with Crippen LogP contribution in [0, 0.1) is 0 Å². The van der Waals surface area contributed by atoms with Crippen molar-refractivity contribution in [3.8, 4) is 5.75 Å². The van der Waals surface area contributed by atoms with Crippen molar-refractivity contribution >= 4 is 29.2 Å². The fourth-order valence-electron chi connectivity index (χ4n) is 4.61. The maximum Gasteiger partial charge on any atom is 0.325 e. The number of amides is 4. The van der Waals surface area contributed by atoms with Gasteiger partial charge in [0.1, 0.15) is 17.8 Å². The second kappa shape index (κ2) is 9.32. The second-order valence-electron chi connectivity index (χ2n) is 8.61. The third kappa shape index (κ3) is 4.50. The van der Waals surface area contributed by atoms with Crippen LogP contribution in [0.4, 0.5) is 4.79 Å². The van der Waals surface area contributed by atoms with Crippen molar-refractivity contribution in [3.63, 3.8) is 0 Å². The van der Waals surface area contributed by atoms with Gasteiger partial charge in [0.15, 0.2) is 0 Å². The van der Waals surface area contributed by atoms with E-state index in [0.717, 1.165) is 29.1 Å². The number of carbonyl (C=O) groups is 3. The first-order chi connectivity index (χ1) is 15.4. The first-order valence-electron chi connectivity index (χ1n) is 11.0. The minimum atomic E-state index is -0.805. The van der Waals surface area contributed by atoms with Crippen molar-refractivity contribution in [2.75, 3.05) is 13.7 Å². The van der Waals surface area contributed by atoms with E-state index in [2.05, 4.69) is 11.4 Å². The lowest BCUT2D eigenvalue weighted by Crippen LogP contribution is -2.48. The molecule has 2 heterocycles. The number of nitrogens with zero attached hydrogens (tertiary/aromatic N) is 2. The van der Waals surface area contributed by atoms with Crippen LogP contribution in [0.2, 0.25) is 0 Å². The van der Waals surface area contributed by atoms with E-state index in [-0.39, 0.29) is 24.4 Å². The molecule has 2 fully saturated rings. The molecule has 1 aromatic carbocycles. The first-order valence-corrected chi connectivity index (χ1v) is 11.9. The minimum Gasteiger partial charge on any atom is -0.497 e. The van der Waals surface area contributed by atoms with Gasteiger partial charge in [0, 0.05) is 23.9 Å². The van der Waals surface area contributed by atoms with Gasteiger partial charge in [-0.25, -0.2) is 4.79 Å². The summed E-state index contributed by atoms with van der Waals surface area (Å²) in [5.41, 5.74) is 0.155. The Kier molecular flexibility index (Phi) is 6.50. The molecule has 2 aromatic rings. The summed E-state index contributed by atoms with van der Waals surface area (Å²) in [7, 11) is 1.61. The Bertz CT molecular complexity index is 968. The highest BCUT2D eigenvalue weighted by Gasteiger charge is 2.52. The average molecular weight is 456 g/mol. The highest BCUT2D eigenvalue weighted by Crippen LogP contribution is 2.35. The van der Waals surface area contributed by atoms with Crippen molar-refractivity contribution in [2.45, 2.75) is 57.2 Å². The van der Waals surface area contributed by atoms with Gasteiger partial charge in [0.25, 0.3) is 5.91 Å². The third-order valence-electron chi connectivity index (χ3n) is 6.44. The quantitative estimate of drug-likeness (QED) is 0.617. The maximum atomic E-state index is 13.4. The topological polar surface area (TPSA) is 79.0 Å². The monoisotopic (exact) mass is 455 g/mol. The van der Waals surface area contributed by atoms with E-state index < -0.39 is 11.6 Å². The molecule has 0 bridgehead atoms. The molecule has 1 aliphatic heterocycles. The van der Waals surface area contributed by atoms with Crippen LogP contribution in [0.25, 0.3) is 0 Å². The van der Waals surface area contributed by atoms with Gasteiger partial charge in [-0.15, -0.1) is 11.3 Å². The molecule has 1 atom stereocenters. The summed E-state index contributed by atoms with van der Waals surface area (Å²) >= 11 is 1.65. The van der Waals surface area contributed by atoms with Crippen LogP contribution in [-0.4, -0.2) is 52.9 Å². The fraction of sp³-hybridized carbons (Fsp3) is 0.458. The Labute approximate surface area is 192 Å². The summed E-state index contributed by atoms with van der Waals surface area (Å²) in [5, 5.41) is 4.88. The van der Waals surface area contributed by atoms with Crippen molar-refractivity contribution in [1.29, 1.82) is 0 Å². The van der Waals surface area contributed by atoms with Crippen LogP contribution < -0.4 is 10.1 Å². The maximum absolute atomic E-state index is 13.4. The number of benzene rings is 1. The van der Waals surface area contributed by atoms with Crippen LogP contribution >= 0.6 is 11.3 Å². The van der Waals surface area contributed by atoms with E-state index in [0.29, 0.717) is 25.8 Å². The molecule has 1 spiro atoms. The average Bonchev–Trinajstić information content (AvgIpc) is 3.52. The number of nitrogens with one attached hydrogen (secondary N) is 1. The molecule has 8 heteroatoms. The lowest BCUT2D eigenvalue weighted by Gasteiger charge is -2.31. The smallest absolute Gasteiger partial charge is 0.325 e. The number of thiophene rings is 1. The lowest BCUT2D eigenvalue weighted by molar-refractivity contribution is -0.140. The zero-order chi connectivity index (χ0) is 22.7. The third-order valence-corrected chi connectivity index (χ3v) is 7.34. The van der Waals surface area contributed by atoms with Gasteiger partial charge < -0.3 is 15.0 Å². The standard InChI is InChI=1S/C24H29N3O4S/c1-17(14-20-6-5-13-32-20)26(15-18-7-9-19(31-2)10-8-18)21(28)16-27-22(29)24(25-23(27)30)11-3-4-12-24/h5-10,13,17H,3-4,11-12,14-16H2,1-2H3,(H,25,30). The molecule has 4 amide bonds. The van der Waals surface area contributed by atoms with Crippen LogP contribution in [0.3, 0.4) is 0 Å². The zero-order valence-corrected chi connectivity index (χ0v) is 19.3. The number of ether oxygens (including phenoxy) is 1. The SMILES string of the molecule is COc1ccc(CN(C(=O)CN2C(=O)NC3(CCCC3)C2=O)C(C)Cc2cccs2)cc1. The Morgan fingerprint density at radius 2 is 1.94 bits per heavy atom. The number of hydrogen-bond donors (Lipinski definition) is 1. The molecular formula is C24H29N3O4S. The number of urea groups is 1. The van der Waals surface area contributed by atoms with Crippen LogP contribution in [-0.2, 0) is 22.6 Å². The molecule has 1 saturated carbocycles. The summed E-state index contributed by atoms with van der Waals surface area (Å²) in [6.45, 7) is 2.16. The molecule has 1 unspecified atom stereocenters. The summed E-state index contributed by atoms with van der Waals surface area (Å²) < 4.78 is 5.23. The van der Waals surface area contributed by atoms with Crippen LogP contribution in [0.1, 0.15) is 43.0 Å². The first kappa shape index (κ1) is 22.3. The molecule has 1 aliphatic carbocycles. The summed E-state index contributed by atoms with van der Waals surface area (Å²) in [6, 6.07) is 11.1. The largest absolute Gasteiger partial charge is 0.497 e. The highest BCUT2D eigenvalue weighted by atomic mass is 32.1. The number of methoxy groups -OCH3 is 1. The molecule has 170 valence electrons. The van der Waals surface area contributed by atoms with E-state index >= 15 is 0 Å². The van der Waals surface area contributed by atoms with E-state index in [9.17, 15) is 14.4 Å². The summed E-state index contributed by atoms with van der Waals surface area (Å²) in [5.74, 6) is 0.256. The van der Waals surface area contributed by atoms with E-state index in [4.69, 9.17) is 4.74 Å². The van der Waals surface area contributed by atoms with Gasteiger partial charge in [-0.1, -0.05) is 31.0 Å². The van der Waals surface area contributed by atoms with E-state index in [1.54, 1.807) is 23.3 Å². The predicted octanol–water partition coefficient (Wildman–Crippen LogP) is 3.58. The number of imide groups is 1. The van der Waals surface area contributed by atoms with E-state index in [1.165, 1.54) is 4.88 Å². The normalized spacial score (nSPS) is 18.1. The molecule has 1 aromatic heterocycles. The van der Waals surface area contributed by atoms with Gasteiger partial charge in [0.05, 0.1) is 7.11 Å². The Morgan fingerprint density at radius 1 is 1.22 bits per heavy atom. The van der Waals surface area contributed by atoms with Gasteiger partial charge in [-0.05, 0) is 48.9 Å². The summed E-state index contributed by atoms with van der Waals surface area (Å²) in [6.07, 6.45) is 3.83. The molecule has 4 rings (SSSR count). The number of rotatable bonds is 8. The van der Waals surface area contributed by atoms with Crippen molar-refractivity contribution < 1.29 is 19.1 Å². The number of carbonyl (C=O) groups excluding carboxylic acids is 3. The molecule has 1 N–H and O–H groups in total. The highest BCUT2D eigenvalue weighted by molar-refractivity contribution is 7.09. The van der Waals surface area contributed by atoms with Gasteiger partial charge in [0.2, 0.25) is 5.91 Å². The van der Waals surface area contributed by atoms with Crippen molar-refractivity contribution in [2.24, 2.45) is 0 Å². The molecule has 2 aliphatic rings. The van der Waals surface area contributed by atoms with Gasteiger partial charge >= 0.3 is 6.03 Å². The molecule has 0 radical (unpaired) electrons. The van der Waals surface area contributed by atoms with Gasteiger partial charge in [-0.2, -0.15) is 0 Å².